The molecule has 3 nitrogen and oxygen atoms in total. The third-order valence-corrected chi connectivity index (χ3v) is 4.25. The summed E-state index contributed by atoms with van der Waals surface area (Å²) in [6.45, 7) is 4.47. The fourth-order valence-corrected chi connectivity index (χ4v) is 2.29. The lowest BCUT2D eigenvalue weighted by Gasteiger charge is -2.29. The predicted molar refractivity (Wildman–Crippen MR) is 76.0 cm³/mol. The molecule has 0 atom stereocenters. The summed E-state index contributed by atoms with van der Waals surface area (Å²) in [6.07, 6.45) is 1.82. The lowest BCUT2D eigenvalue weighted by atomic mass is 9.93. The fourth-order valence-electron chi connectivity index (χ4n) is 2.03. The first-order valence-corrected chi connectivity index (χ1v) is 6.98. The number of nitrogens with two attached hydrogens (primary N) is 1. The van der Waals surface area contributed by atoms with Crippen molar-refractivity contribution in [3.05, 3.63) is 34.3 Å². The Kier molecular flexibility index (Phi) is 3.52. The van der Waals surface area contributed by atoms with Crippen molar-refractivity contribution in [2.24, 2.45) is 11.1 Å². The van der Waals surface area contributed by atoms with Gasteiger partial charge in [0.25, 0.3) is 0 Å². The van der Waals surface area contributed by atoms with Crippen molar-refractivity contribution in [2.75, 3.05) is 6.54 Å². The maximum Gasteiger partial charge on any atom is 0.228 e. The molecule has 0 radical (unpaired) electrons. The first-order valence-electron chi connectivity index (χ1n) is 6.18. The molecule has 0 aliphatic heterocycles. The van der Waals surface area contributed by atoms with Crippen molar-refractivity contribution in [1.29, 1.82) is 0 Å². The number of halogens is 1. The van der Waals surface area contributed by atoms with Gasteiger partial charge in [-0.1, -0.05) is 28.1 Å². The number of amides is 1. The van der Waals surface area contributed by atoms with Crippen LogP contribution in [0.15, 0.2) is 28.7 Å². The minimum atomic E-state index is -0.372. The summed E-state index contributed by atoms with van der Waals surface area (Å²) in [5.41, 5.74) is 6.10. The number of hydrogen-bond acceptors (Lipinski definition) is 2. The van der Waals surface area contributed by atoms with Crippen molar-refractivity contribution in [3.8, 4) is 0 Å². The Morgan fingerprint density at radius 1 is 1.39 bits per heavy atom. The third-order valence-electron chi connectivity index (χ3n) is 3.72. The highest BCUT2D eigenvalue weighted by molar-refractivity contribution is 9.10. The second kappa shape index (κ2) is 4.67. The highest BCUT2D eigenvalue weighted by Crippen LogP contribution is 2.45. The Morgan fingerprint density at radius 3 is 2.39 bits per heavy atom. The van der Waals surface area contributed by atoms with Gasteiger partial charge in [0.15, 0.2) is 0 Å². The van der Waals surface area contributed by atoms with E-state index in [9.17, 15) is 4.79 Å². The minimum absolute atomic E-state index is 0.0814. The predicted octanol–water partition coefficient (Wildman–Crippen LogP) is 2.54. The zero-order chi connectivity index (χ0) is 13.4. The van der Waals surface area contributed by atoms with Crippen LogP contribution >= 0.6 is 15.9 Å². The van der Waals surface area contributed by atoms with Gasteiger partial charge in [-0.2, -0.15) is 0 Å². The van der Waals surface area contributed by atoms with Crippen LogP contribution in [0.5, 0.6) is 0 Å². The van der Waals surface area contributed by atoms with Gasteiger partial charge in [0.2, 0.25) is 5.91 Å². The van der Waals surface area contributed by atoms with Crippen LogP contribution in [-0.4, -0.2) is 12.5 Å². The summed E-state index contributed by atoms with van der Waals surface area (Å²) in [7, 11) is 0. The maximum absolute atomic E-state index is 12.2. The highest BCUT2D eigenvalue weighted by atomic mass is 79.9. The van der Waals surface area contributed by atoms with Crippen molar-refractivity contribution in [2.45, 2.75) is 32.2 Å². The van der Waals surface area contributed by atoms with E-state index in [0.29, 0.717) is 6.54 Å². The molecule has 4 heteroatoms. The number of carbonyl (C=O) groups is 1. The number of carbonyl (C=O) groups excluding carboxylic acids is 1. The molecule has 0 bridgehead atoms. The standard InChI is InChI=1S/C14H19BrN2O/c1-13(2,10-3-5-11(15)6-4-10)17-12(18)14(9-16)7-8-14/h3-6H,7-9,16H2,1-2H3,(H,17,18). The molecule has 0 unspecified atom stereocenters. The molecule has 0 heterocycles. The second-order valence-corrected chi connectivity index (χ2v) is 6.49. The van der Waals surface area contributed by atoms with E-state index < -0.39 is 0 Å². The SMILES string of the molecule is CC(C)(NC(=O)C1(CN)CC1)c1ccc(Br)cc1. The minimum Gasteiger partial charge on any atom is -0.347 e. The van der Waals surface area contributed by atoms with Crippen LogP contribution in [0.2, 0.25) is 0 Å². The Morgan fingerprint density at radius 2 is 1.94 bits per heavy atom. The lowest BCUT2D eigenvalue weighted by Crippen LogP contribution is -2.46. The molecule has 1 amide bonds. The number of hydrogen-bond donors (Lipinski definition) is 2. The molecule has 0 spiro atoms. The summed E-state index contributed by atoms with van der Waals surface area (Å²) in [5.74, 6) is 0.0814. The molecule has 0 aromatic heterocycles. The van der Waals surface area contributed by atoms with Gasteiger partial charge in [0, 0.05) is 11.0 Å². The van der Waals surface area contributed by atoms with E-state index >= 15 is 0 Å². The van der Waals surface area contributed by atoms with Gasteiger partial charge < -0.3 is 11.1 Å². The van der Waals surface area contributed by atoms with Crippen molar-refractivity contribution < 1.29 is 4.79 Å². The van der Waals surface area contributed by atoms with E-state index in [1.165, 1.54) is 0 Å². The number of nitrogens with one attached hydrogen (secondary N) is 1. The topological polar surface area (TPSA) is 55.1 Å². The maximum atomic E-state index is 12.2. The fraction of sp³-hybridized carbons (Fsp3) is 0.500. The monoisotopic (exact) mass is 310 g/mol. The number of benzene rings is 1. The first-order chi connectivity index (χ1) is 8.39. The summed E-state index contributed by atoms with van der Waals surface area (Å²) in [5, 5.41) is 3.11. The van der Waals surface area contributed by atoms with Crippen LogP contribution in [0.25, 0.3) is 0 Å². The van der Waals surface area contributed by atoms with Crippen LogP contribution in [0, 0.1) is 5.41 Å². The van der Waals surface area contributed by atoms with Crippen LogP contribution in [-0.2, 0) is 10.3 Å². The van der Waals surface area contributed by atoms with Gasteiger partial charge in [-0.3, -0.25) is 4.79 Å². The summed E-state index contributed by atoms with van der Waals surface area (Å²) < 4.78 is 1.04. The van der Waals surface area contributed by atoms with E-state index in [0.717, 1.165) is 22.9 Å². The van der Waals surface area contributed by atoms with Crippen molar-refractivity contribution in [1.82, 2.24) is 5.32 Å². The van der Waals surface area contributed by atoms with Gasteiger partial charge >= 0.3 is 0 Å². The summed E-state index contributed by atoms with van der Waals surface area (Å²) in [4.78, 5) is 12.2. The van der Waals surface area contributed by atoms with Crippen LogP contribution in [0.3, 0.4) is 0 Å². The molecule has 18 heavy (non-hydrogen) atoms. The molecular formula is C14H19BrN2O. The van der Waals surface area contributed by atoms with E-state index in [1.807, 2.05) is 38.1 Å². The van der Waals surface area contributed by atoms with Gasteiger partial charge in [0.1, 0.15) is 0 Å². The molecule has 1 aromatic rings. The van der Waals surface area contributed by atoms with Crippen molar-refractivity contribution >= 4 is 21.8 Å². The molecule has 1 aromatic carbocycles. The molecule has 98 valence electrons. The van der Waals surface area contributed by atoms with E-state index in [-0.39, 0.29) is 16.9 Å². The average Bonchev–Trinajstić information content (AvgIpc) is 3.09. The van der Waals surface area contributed by atoms with Gasteiger partial charge in [-0.15, -0.1) is 0 Å². The van der Waals surface area contributed by atoms with Crippen LogP contribution < -0.4 is 11.1 Å². The average molecular weight is 311 g/mol. The molecule has 0 saturated heterocycles. The quantitative estimate of drug-likeness (QED) is 0.898. The smallest absolute Gasteiger partial charge is 0.228 e. The van der Waals surface area contributed by atoms with Crippen LogP contribution in [0.4, 0.5) is 0 Å². The Hall–Kier alpha value is -0.870. The zero-order valence-corrected chi connectivity index (χ0v) is 12.4. The molecule has 1 aliphatic rings. The Bertz CT molecular complexity index is 449. The van der Waals surface area contributed by atoms with Crippen molar-refractivity contribution in [3.63, 3.8) is 0 Å². The zero-order valence-electron chi connectivity index (χ0n) is 10.8. The van der Waals surface area contributed by atoms with Gasteiger partial charge in [-0.05, 0) is 44.4 Å². The molecular weight excluding hydrogens is 292 g/mol. The molecule has 1 saturated carbocycles. The third kappa shape index (κ3) is 2.59. The second-order valence-electron chi connectivity index (χ2n) is 5.57. The molecule has 3 N–H and O–H groups in total. The Labute approximate surface area is 116 Å². The normalized spacial score (nSPS) is 17.3. The van der Waals surface area contributed by atoms with Gasteiger partial charge in [0.05, 0.1) is 11.0 Å². The van der Waals surface area contributed by atoms with E-state index in [1.54, 1.807) is 0 Å². The van der Waals surface area contributed by atoms with Gasteiger partial charge in [-0.25, -0.2) is 0 Å². The summed E-state index contributed by atoms with van der Waals surface area (Å²) in [6, 6.07) is 8.01. The Balaban J connectivity index is 2.12. The first kappa shape index (κ1) is 13.6. The van der Waals surface area contributed by atoms with E-state index in [2.05, 4.69) is 21.2 Å². The largest absolute Gasteiger partial charge is 0.347 e. The lowest BCUT2D eigenvalue weighted by molar-refractivity contribution is -0.127. The summed E-state index contributed by atoms with van der Waals surface area (Å²) >= 11 is 3.41. The number of rotatable bonds is 4. The molecule has 2 rings (SSSR count). The van der Waals surface area contributed by atoms with Crippen LogP contribution in [0.1, 0.15) is 32.3 Å². The van der Waals surface area contributed by atoms with E-state index in [4.69, 9.17) is 5.73 Å². The molecule has 1 aliphatic carbocycles. The molecule has 1 fully saturated rings. The highest BCUT2D eigenvalue weighted by Gasteiger charge is 2.49.